The first-order valence-corrected chi connectivity index (χ1v) is 8.10. The summed E-state index contributed by atoms with van der Waals surface area (Å²) in [5.74, 6) is 0.832. The predicted octanol–water partition coefficient (Wildman–Crippen LogP) is 0.0197. The molecule has 0 aromatic carbocycles. The third-order valence-corrected chi connectivity index (χ3v) is 4.61. The maximum Gasteiger partial charge on any atom is 0.329 e. The molecule has 0 aromatic heterocycles. The Balaban J connectivity index is 2.01. The van der Waals surface area contributed by atoms with E-state index in [0.29, 0.717) is 38.3 Å². The molecule has 0 radical (unpaired) electrons. The molecule has 2 aliphatic heterocycles. The lowest BCUT2D eigenvalue weighted by Gasteiger charge is -2.36. The van der Waals surface area contributed by atoms with Gasteiger partial charge in [0.1, 0.15) is 6.04 Å². The van der Waals surface area contributed by atoms with Gasteiger partial charge in [-0.3, -0.25) is 9.59 Å². The summed E-state index contributed by atoms with van der Waals surface area (Å²) in [5, 5.41) is 2.71. The number of thioether (sulfide) groups is 1. The van der Waals surface area contributed by atoms with Crippen LogP contribution in [0.2, 0.25) is 0 Å². The second-order valence-electron chi connectivity index (χ2n) is 4.91. The molecule has 2 heterocycles. The van der Waals surface area contributed by atoms with E-state index in [1.165, 1.54) is 0 Å². The second kappa shape index (κ2) is 6.97. The van der Waals surface area contributed by atoms with E-state index in [9.17, 15) is 14.4 Å². The molecule has 0 saturated carbocycles. The molecule has 0 bridgehead atoms. The molecular formula is C13H20N2O4S. The van der Waals surface area contributed by atoms with Crippen molar-refractivity contribution in [2.45, 2.75) is 25.8 Å². The van der Waals surface area contributed by atoms with E-state index in [0.717, 1.165) is 5.75 Å². The van der Waals surface area contributed by atoms with Gasteiger partial charge >= 0.3 is 5.97 Å². The van der Waals surface area contributed by atoms with Crippen molar-refractivity contribution in [3.63, 3.8) is 0 Å². The van der Waals surface area contributed by atoms with Gasteiger partial charge in [-0.1, -0.05) is 0 Å². The summed E-state index contributed by atoms with van der Waals surface area (Å²) in [4.78, 5) is 37.3. The lowest BCUT2D eigenvalue weighted by molar-refractivity contribution is -0.155. The summed E-state index contributed by atoms with van der Waals surface area (Å²) in [6.07, 6.45) is 0.937. The molecule has 0 aromatic rings. The van der Waals surface area contributed by atoms with E-state index < -0.39 is 6.04 Å². The average Bonchev–Trinajstić information content (AvgIpc) is 2.47. The number of amides is 2. The first kappa shape index (κ1) is 15.2. The molecule has 2 fully saturated rings. The highest BCUT2D eigenvalue weighted by Gasteiger charge is 2.37. The van der Waals surface area contributed by atoms with Gasteiger partial charge in [0.2, 0.25) is 11.8 Å². The minimum absolute atomic E-state index is 0.00908. The van der Waals surface area contributed by atoms with Crippen LogP contribution in [0.15, 0.2) is 0 Å². The lowest BCUT2D eigenvalue weighted by Crippen LogP contribution is -2.54. The Labute approximate surface area is 122 Å². The highest BCUT2D eigenvalue weighted by Crippen LogP contribution is 2.22. The zero-order valence-electron chi connectivity index (χ0n) is 11.6. The van der Waals surface area contributed by atoms with E-state index in [-0.39, 0.29) is 23.7 Å². The molecule has 1 N–H and O–H groups in total. The summed E-state index contributed by atoms with van der Waals surface area (Å²) in [7, 11) is 0. The molecule has 6 nitrogen and oxygen atoms in total. The van der Waals surface area contributed by atoms with Crippen LogP contribution < -0.4 is 5.32 Å². The molecule has 112 valence electrons. The highest BCUT2D eigenvalue weighted by molar-refractivity contribution is 7.99. The Bertz CT molecular complexity index is 392. The van der Waals surface area contributed by atoms with Gasteiger partial charge in [-0.25, -0.2) is 4.79 Å². The SMILES string of the molecule is CCOC(=O)C1CSCCN1C(=O)C1CCC(=O)NC1. The Morgan fingerprint density at radius 3 is 2.95 bits per heavy atom. The van der Waals surface area contributed by atoms with E-state index in [1.54, 1.807) is 23.6 Å². The minimum atomic E-state index is -0.487. The van der Waals surface area contributed by atoms with Gasteiger partial charge in [0, 0.05) is 31.0 Å². The van der Waals surface area contributed by atoms with Crippen LogP contribution in [0.1, 0.15) is 19.8 Å². The molecule has 2 atom stereocenters. The predicted molar refractivity (Wildman–Crippen MR) is 75.2 cm³/mol. The number of nitrogens with zero attached hydrogens (tertiary/aromatic N) is 1. The largest absolute Gasteiger partial charge is 0.464 e. The number of hydrogen-bond acceptors (Lipinski definition) is 5. The zero-order valence-corrected chi connectivity index (χ0v) is 12.4. The smallest absolute Gasteiger partial charge is 0.329 e. The Kier molecular flexibility index (Phi) is 5.28. The molecule has 2 saturated heterocycles. The Morgan fingerprint density at radius 2 is 2.30 bits per heavy atom. The van der Waals surface area contributed by atoms with Crippen molar-refractivity contribution in [2.75, 3.05) is 31.2 Å². The van der Waals surface area contributed by atoms with Crippen LogP contribution in [0, 0.1) is 5.92 Å². The summed E-state index contributed by atoms with van der Waals surface area (Å²) in [5.41, 5.74) is 0. The fourth-order valence-corrected chi connectivity index (χ4v) is 3.51. The normalized spacial score (nSPS) is 26.9. The van der Waals surface area contributed by atoms with Gasteiger partial charge in [-0.05, 0) is 13.3 Å². The van der Waals surface area contributed by atoms with E-state index in [4.69, 9.17) is 4.74 Å². The summed E-state index contributed by atoms with van der Waals surface area (Å²) < 4.78 is 5.05. The van der Waals surface area contributed by atoms with Gasteiger partial charge in [-0.2, -0.15) is 11.8 Å². The Morgan fingerprint density at radius 1 is 1.50 bits per heavy atom. The minimum Gasteiger partial charge on any atom is -0.464 e. The number of rotatable bonds is 3. The third kappa shape index (κ3) is 3.45. The van der Waals surface area contributed by atoms with Crippen LogP contribution in [0.5, 0.6) is 0 Å². The summed E-state index contributed by atoms with van der Waals surface area (Å²) >= 11 is 1.66. The third-order valence-electron chi connectivity index (χ3n) is 3.58. The van der Waals surface area contributed by atoms with Crippen LogP contribution in [0.4, 0.5) is 0 Å². The number of piperidine rings is 1. The monoisotopic (exact) mass is 300 g/mol. The fraction of sp³-hybridized carbons (Fsp3) is 0.769. The van der Waals surface area contributed by atoms with Crippen LogP contribution >= 0.6 is 11.8 Å². The number of nitrogens with one attached hydrogen (secondary N) is 1. The van der Waals surface area contributed by atoms with Gasteiger partial charge in [0.05, 0.1) is 12.5 Å². The molecule has 20 heavy (non-hydrogen) atoms. The van der Waals surface area contributed by atoms with Crippen molar-refractivity contribution in [3.05, 3.63) is 0 Å². The molecule has 2 amide bonds. The van der Waals surface area contributed by atoms with Gasteiger partial charge in [0.25, 0.3) is 0 Å². The van der Waals surface area contributed by atoms with Crippen molar-refractivity contribution in [1.29, 1.82) is 0 Å². The van der Waals surface area contributed by atoms with Gasteiger partial charge in [0.15, 0.2) is 0 Å². The number of ether oxygens (including phenoxy) is 1. The highest BCUT2D eigenvalue weighted by atomic mass is 32.2. The molecule has 2 aliphatic rings. The van der Waals surface area contributed by atoms with E-state index >= 15 is 0 Å². The van der Waals surface area contributed by atoms with Crippen LogP contribution in [0.25, 0.3) is 0 Å². The number of esters is 1. The topological polar surface area (TPSA) is 75.7 Å². The second-order valence-corrected chi connectivity index (χ2v) is 6.06. The molecule has 2 rings (SSSR count). The average molecular weight is 300 g/mol. The van der Waals surface area contributed by atoms with Crippen LogP contribution in [0.3, 0.4) is 0 Å². The first-order chi connectivity index (χ1) is 9.63. The van der Waals surface area contributed by atoms with Crippen molar-refractivity contribution >= 4 is 29.5 Å². The zero-order chi connectivity index (χ0) is 14.5. The van der Waals surface area contributed by atoms with Crippen molar-refractivity contribution < 1.29 is 19.1 Å². The van der Waals surface area contributed by atoms with Crippen molar-refractivity contribution in [1.82, 2.24) is 10.2 Å². The molecule has 0 spiro atoms. The summed E-state index contributed by atoms with van der Waals surface area (Å²) in [6, 6.07) is -0.487. The van der Waals surface area contributed by atoms with E-state index in [2.05, 4.69) is 5.32 Å². The van der Waals surface area contributed by atoms with Crippen LogP contribution in [-0.2, 0) is 19.1 Å². The lowest BCUT2D eigenvalue weighted by atomic mass is 9.97. The Hall–Kier alpha value is -1.24. The number of hydrogen-bond donors (Lipinski definition) is 1. The maximum atomic E-state index is 12.5. The van der Waals surface area contributed by atoms with Gasteiger partial charge in [-0.15, -0.1) is 0 Å². The van der Waals surface area contributed by atoms with Crippen molar-refractivity contribution in [3.8, 4) is 0 Å². The number of carbonyl (C=O) groups is 3. The summed E-state index contributed by atoms with van der Waals surface area (Å²) in [6.45, 7) is 3.02. The molecule has 7 heteroatoms. The fourth-order valence-electron chi connectivity index (χ4n) is 2.48. The molecule has 0 aliphatic carbocycles. The standard InChI is InChI=1S/C13H20N2O4S/c1-2-19-13(18)10-8-20-6-5-15(10)12(17)9-3-4-11(16)14-7-9/h9-10H,2-8H2,1H3,(H,14,16). The molecule has 2 unspecified atom stereocenters. The van der Waals surface area contributed by atoms with Crippen LogP contribution in [-0.4, -0.2) is 59.9 Å². The van der Waals surface area contributed by atoms with Crippen molar-refractivity contribution in [2.24, 2.45) is 5.92 Å². The number of carbonyl (C=O) groups excluding carboxylic acids is 3. The van der Waals surface area contributed by atoms with Gasteiger partial charge < -0.3 is 15.0 Å². The van der Waals surface area contributed by atoms with E-state index in [1.807, 2.05) is 0 Å². The quantitative estimate of drug-likeness (QED) is 0.744. The first-order valence-electron chi connectivity index (χ1n) is 6.95. The molecular weight excluding hydrogens is 280 g/mol. The maximum absolute atomic E-state index is 12.5.